The lowest BCUT2D eigenvalue weighted by atomic mass is 9.50. The highest BCUT2D eigenvalue weighted by Crippen LogP contribution is 2.60. The number of ether oxygens (including phenoxy) is 1. The van der Waals surface area contributed by atoms with Crippen LogP contribution in [0.4, 0.5) is 0 Å². The number of rotatable bonds is 5. The van der Waals surface area contributed by atoms with Crippen LogP contribution in [-0.4, -0.2) is 13.7 Å². The van der Waals surface area contributed by atoms with Crippen LogP contribution in [0.5, 0.6) is 5.75 Å². The van der Waals surface area contributed by atoms with Gasteiger partial charge in [-0.15, -0.1) is 0 Å². The van der Waals surface area contributed by atoms with E-state index in [0.717, 1.165) is 36.7 Å². The summed E-state index contributed by atoms with van der Waals surface area (Å²) < 4.78 is 6.33. The highest BCUT2D eigenvalue weighted by molar-refractivity contribution is 5.33. The van der Waals surface area contributed by atoms with Crippen molar-refractivity contribution in [2.75, 3.05) is 13.7 Å². The third kappa shape index (κ3) is 2.59. The minimum absolute atomic E-state index is 0.501. The average Bonchev–Trinajstić information content (AvgIpc) is 2.45. The molecule has 0 aromatic heterocycles. The summed E-state index contributed by atoms with van der Waals surface area (Å²) in [6.07, 6.45) is 8.80. The molecule has 0 atom stereocenters. The molecule has 0 unspecified atom stereocenters. The zero-order valence-electron chi connectivity index (χ0n) is 13.1. The summed E-state index contributed by atoms with van der Waals surface area (Å²) >= 11 is 0. The van der Waals surface area contributed by atoms with Gasteiger partial charge in [0.1, 0.15) is 5.75 Å². The summed E-state index contributed by atoms with van der Waals surface area (Å²) in [5.41, 5.74) is 1.78. The molecular weight excluding hydrogens is 258 g/mol. The van der Waals surface area contributed by atoms with Gasteiger partial charge in [0.2, 0.25) is 0 Å². The van der Waals surface area contributed by atoms with Crippen molar-refractivity contribution in [3.05, 3.63) is 29.8 Å². The quantitative estimate of drug-likeness (QED) is 0.883. The van der Waals surface area contributed by atoms with Gasteiger partial charge in [0.05, 0.1) is 6.61 Å². The van der Waals surface area contributed by atoms with E-state index in [2.05, 4.69) is 29.6 Å². The van der Waals surface area contributed by atoms with Gasteiger partial charge in [-0.1, -0.05) is 18.2 Å². The van der Waals surface area contributed by atoms with Crippen LogP contribution < -0.4 is 10.1 Å². The van der Waals surface area contributed by atoms with Crippen LogP contribution in [0.25, 0.3) is 0 Å². The summed E-state index contributed by atoms with van der Waals surface area (Å²) in [5, 5.41) is 3.24. The summed E-state index contributed by atoms with van der Waals surface area (Å²) in [7, 11) is 2.00. The molecule has 4 aliphatic carbocycles. The zero-order chi connectivity index (χ0) is 14.3. The van der Waals surface area contributed by atoms with Crippen molar-refractivity contribution >= 4 is 0 Å². The Hall–Kier alpha value is -1.02. The largest absolute Gasteiger partial charge is 0.493 e. The normalized spacial score (nSPS) is 36.9. The van der Waals surface area contributed by atoms with Crippen LogP contribution >= 0.6 is 0 Å². The molecule has 1 N–H and O–H groups in total. The van der Waals surface area contributed by atoms with Gasteiger partial charge in [0.15, 0.2) is 0 Å². The fourth-order valence-corrected chi connectivity index (χ4v) is 5.68. The maximum Gasteiger partial charge on any atom is 0.123 e. The van der Waals surface area contributed by atoms with Gasteiger partial charge >= 0.3 is 0 Å². The maximum absolute atomic E-state index is 6.33. The van der Waals surface area contributed by atoms with Crippen LogP contribution in [0.1, 0.15) is 44.1 Å². The SMILES string of the molecule is CNCc1ccccc1OCC12CC3CC(CC(C3)C1)C2. The fraction of sp³-hybridized carbons (Fsp3) is 0.684. The summed E-state index contributed by atoms with van der Waals surface area (Å²) in [4.78, 5) is 0. The van der Waals surface area contributed by atoms with Gasteiger partial charge in [-0.3, -0.25) is 0 Å². The lowest BCUT2D eigenvalue weighted by Gasteiger charge is -2.56. The Balaban J connectivity index is 1.47. The van der Waals surface area contributed by atoms with Crippen molar-refractivity contribution in [3.63, 3.8) is 0 Å². The Morgan fingerprint density at radius 2 is 1.67 bits per heavy atom. The molecule has 21 heavy (non-hydrogen) atoms. The second kappa shape index (κ2) is 5.31. The van der Waals surface area contributed by atoms with Gasteiger partial charge in [-0.05, 0) is 69.4 Å². The Bertz CT molecular complexity index is 475. The zero-order valence-corrected chi connectivity index (χ0v) is 13.1. The van der Waals surface area contributed by atoms with Crippen molar-refractivity contribution < 1.29 is 4.74 Å². The summed E-state index contributed by atoms with van der Waals surface area (Å²) in [6.45, 7) is 1.83. The van der Waals surface area contributed by atoms with E-state index in [4.69, 9.17) is 4.74 Å². The standard InChI is InChI=1S/C19H27NO/c1-20-12-17-4-2-3-5-18(17)21-13-19-9-14-6-15(10-19)8-16(7-14)11-19/h2-5,14-16,20H,6-13H2,1H3. The van der Waals surface area contributed by atoms with E-state index in [0.29, 0.717) is 5.41 Å². The lowest BCUT2D eigenvalue weighted by molar-refractivity contribution is -0.0746. The third-order valence-corrected chi connectivity index (χ3v) is 6.04. The predicted molar refractivity (Wildman–Crippen MR) is 85.3 cm³/mol. The van der Waals surface area contributed by atoms with Gasteiger partial charge in [0.25, 0.3) is 0 Å². The van der Waals surface area contributed by atoms with Crippen LogP contribution in [0, 0.1) is 23.2 Å². The molecule has 1 aromatic rings. The molecule has 0 heterocycles. The van der Waals surface area contributed by atoms with Gasteiger partial charge in [-0.25, -0.2) is 0 Å². The second-order valence-electron chi connectivity index (χ2n) is 7.84. The third-order valence-electron chi connectivity index (χ3n) is 6.04. The van der Waals surface area contributed by atoms with Gasteiger partial charge in [0, 0.05) is 17.5 Å². The number of nitrogens with one attached hydrogen (secondary N) is 1. The van der Waals surface area contributed by atoms with Crippen LogP contribution in [0.15, 0.2) is 24.3 Å². The van der Waals surface area contributed by atoms with Crippen LogP contribution in [0.2, 0.25) is 0 Å². The van der Waals surface area contributed by atoms with E-state index in [1.165, 1.54) is 44.1 Å². The predicted octanol–water partition coefficient (Wildman–Crippen LogP) is 4.00. The molecule has 4 aliphatic rings. The first kappa shape index (κ1) is 13.6. The Kier molecular flexibility index (Phi) is 3.45. The van der Waals surface area contributed by atoms with E-state index in [1.54, 1.807) is 0 Å². The molecular formula is C19H27NO. The van der Waals surface area contributed by atoms with Crippen molar-refractivity contribution in [3.8, 4) is 5.75 Å². The molecule has 2 nitrogen and oxygen atoms in total. The van der Waals surface area contributed by atoms with E-state index >= 15 is 0 Å². The lowest BCUT2D eigenvalue weighted by Crippen LogP contribution is -2.48. The van der Waals surface area contributed by atoms with Crippen molar-refractivity contribution in [2.24, 2.45) is 23.2 Å². The Morgan fingerprint density at radius 1 is 1.05 bits per heavy atom. The molecule has 0 radical (unpaired) electrons. The van der Waals surface area contributed by atoms with Crippen molar-refractivity contribution in [2.45, 2.75) is 45.1 Å². The van der Waals surface area contributed by atoms with E-state index in [-0.39, 0.29) is 0 Å². The minimum Gasteiger partial charge on any atom is -0.493 e. The maximum atomic E-state index is 6.33. The molecule has 0 saturated heterocycles. The number of para-hydroxylation sites is 1. The second-order valence-corrected chi connectivity index (χ2v) is 7.84. The average molecular weight is 285 g/mol. The van der Waals surface area contributed by atoms with Crippen LogP contribution in [0.3, 0.4) is 0 Å². The topological polar surface area (TPSA) is 21.3 Å². The minimum atomic E-state index is 0.501. The number of benzene rings is 1. The molecule has 4 saturated carbocycles. The summed E-state index contributed by atoms with van der Waals surface area (Å²) in [5.74, 6) is 4.11. The molecule has 0 spiro atoms. The Morgan fingerprint density at radius 3 is 2.29 bits per heavy atom. The number of hydrogen-bond acceptors (Lipinski definition) is 2. The van der Waals surface area contributed by atoms with Crippen LogP contribution in [-0.2, 0) is 6.54 Å². The van der Waals surface area contributed by atoms with Crippen molar-refractivity contribution in [1.29, 1.82) is 0 Å². The van der Waals surface area contributed by atoms with Gasteiger partial charge < -0.3 is 10.1 Å². The molecule has 2 heteroatoms. The molecule has 114 valence electrons. The van der Waals surface area contributed by atoms with E-state index in [9.17, 15) is 0 Å². The Labute approximate surface area is 128 Å². The van der Waals surface area contributed by atoms with Gasteiger partial charge in [-0.2, -0.15) is 0 Å². The molecule has 4 bridgehead atoms. The first-order chi connectivity index (χ1) is 10.3. The summed E-state index contributed by atoms with van der Waals surface area (Å²) in [6, 6.07) is 8.50. The van der Waals surface area contributed by atoms with Crippen molar-refractivity contribution in [1.82, 2.24) is 5.32 Å². The highest BCUT2D eigenvalue weighted by atomic mass is 16.5. The highest BCUT2D eigenvalue weighted by Gasteiger charge is 2.51. The first-order valence-corrected chi connectivity index (χ1v) is 8.62. The smallest absolute Gasteiger partial charge is 0.123 e. The molecule has 5 rings (SSSR count). The van der Waals surface area contributed by atoms with E-state index in [1.807, 2.05) is 7.05 Å². The number of hydrogen-bond donors (Lipinski definition) is 1. The first-order valence-electron chi connectivity index (χ1n) is 8.62. The van der Waals surface area contributed by atoms with E-state index < -0.39 is 0 Å². The fourth-order valence-electron chi connectivity index (χ4n) is 5.68. The molecule has 1 aromatic carbocycles. The monoisotopic (exact) mass is 285 g/mol. The molecule has 4 fully saturated rings. The molecule has 0 amide bonds. The molecule has 0 aliphatic heterocycles.